The molecule has 0 aliphatic rings. The molecule has 1 heterocycles. The van der Waals surface area contributed by atoms with E-state index in [0.29, 0.717) is 21.7 Å². The van der Waals surface area contributed by atoms with Crippen molar-refractivity contribution in [2.24, 2.45) is 0 Å². The molecule has 0 saturated carbocycles. The highest BCUT2D eigenvalue weighted by molar-refractivity contribution is 6.30. The number of amides is 1. The van der Waals surface area contributed by atoms with Crippen molar-refractivity contribution in [3.05, 3.63) is 63.4 Å². The molecule has 2 aromatic rings. The number of rotatable bonds is 4. The summed E-state index contributed by atoms with van der Waals surface area (Å²) in [4.78, 5) is 29.9. The minimum absolute atomic E-state index is 0.286. The maximum Gasteiger partial charge on any atom is 0.408 e. The van der Waals surface area contributed by atoms with Crippen molar-refractivity contribution in [2.45, 2.75) is 45.8 Å². The summed E-state index contributed by atoms with van der Waals surface area (Å²) in [6, 6.07) is 8.18. The van der Waals surface area contributed by atoms with E-state index in [4.69, 9.17) is 27.9 Å². The van der Waals surface area contributed by atoms with E-state index in [9.17, 15) is 9.59 Å². The van der Waals surface area contributed by atoms with E-state index in [1.54, 1.807) is 65.0 Å². The fourth-order valence-electron chi connectivity index (χ4n) is 2.59. The zero-order valence-electron chi connectivity index (χ0n) is 15.9. The van der Waals surface area contributed by atoms with Gasteiger partial charge in [0, 0.05) is 22.3 Å². The Morgan fingerprint density at radius 2 is 1.74 bits per heavy atom. The highest BCUT2D eigenvalue weighted by Gasteiger charge is 2.39. The van der Waals surface area contributed by atoms with Crippen LogP contribution in [-0.4, -0.2) is 22.5 Å². The first-order valence-corrected chi connectivity index (χ1v) is 9.12. The number of Topliss-reactive ketones (excluding diaryl/α,β-unsaturated/α-hetero) is 1. The molecule has 0 spiro atoms. The van der Waals surface area contributed by atoms with Crippen molar-refractivity contribution >= 4 is 35.1 Å². The third kappa shape index (κ3) is 5.21. The fourth-order valence-corrected chi connectivity index (χ4v) is 2.93. The molecule has 0 aliphatic heterocycles. The molecule has 0 saturated heterocycles. The van der Waals surface area contributed by atoms with Gasteiger partial charge in [0.2, 0.25) is 0 Å². The van der Waals surface area contributed by atoms with Gasteiger partial charge in [0.1, 0.15) is 16.3 Å². The molecule has 1 N–H and O–H groups in total. The van der Waals surface area contributed by atoms with Crippen LogP contribution in [0.3, 0.4) is 0 Å². The molecule has 0 radical (unpaired) electrons. The third-order valence-electron chi connectivity index (χ3n) is 3.94. The van der Waals surface area contributed by atoms with Crippen LogP contribution in [0.5, 0.6) is 0 Å². The van der Waals surface area contributed by atoms with E-state index in [1.165, 1.54) is 6.20 Å². The molecule has 1 amide bonds. The number of alkyl carbamates (subject to hydrolysis) is 1. The Morgan fingerprint density at radius 3 is 2.26 bits per heavy atom. The summed E-state index contributed by atoms with van der Waals surface area (Å²) >= 11 is 11.9. The van der Waals surface area contributed by atoms with E-state index in [-0.39, 0.29) is 10.9 Å². The summed E-state index contributed by atoms with van der Waals surface area (Å²) in [6.45, 7) is 8.64. The minimum atomic E-state index is -1.40. The Balaban J connectivity index is 2.50. The van der Waals surface area contributed by atoms with E-state index in [0.717, 1.165) is 0 Å². The molecule has 5 nitrogen and oxygen atoms in total. The van der Waals surface area contributed by atoms with Gasteiger partial charge in [-0.25, -0.2) is 9.78 Å². The van der Waals surface area contributed by atoms with Crippen molar-refractivity contribution in [2.75, 3.05) is 0 Å². The number of carbonyl (C=O) groups excluding carboxylic acids is 2. The number of hydrogen-bond donors (Lipinski definition) is 1. The van der Waals surface area contributed by atoms with Gasteiger partial charge in [-0.3, -0.25) is 4.79 Å². The summed E-state index contributed by atoms with van der Waals surface area (Å²) in [5.41, 5.74) is -0.488. The van der Waals surface area contributed by atoms with Crippen LogP contribution in [0.25, 0.3) is 0 Å². The first-order valence-electron chi connectivity index (χ1n) is 8.36. The van der Waals surface area contributed by atoms with Crippen LogP contribution in [0.1, 0.15) is 49.2 Å². The second-order valence-electron chi connectivity index (χ2n) is 7.41. The van der Waals surface area contributed by atoms with Crippen LogP contribution < -0.4 is 5.32 Å². The number of hydrogen-bond acceptors (Lipinski definition) is 4. The van der Waals surface area contributed by atoms with Gasteiger partial charge in [0.05, 0.1) is 0 Å². The predicted molar refractivity (Wildman–Crippen MR) is 106 cm³/mol. The second kappa shape index (κ2) is 7.87. The second-order valence-corrected chi connectivity index (χ2v) is 8.23. The number of ketones is 1. The number of nitrogens with one attached hydrogen (secondary N) is 1. The number of aromatic nitrogens is 1. The van der Waals surface area contributed by atoms with Gasteiger partial charge in [0.15, 0.2) is 5.78 Å². The van der Waals surface area contributed by atoms with Crippen LogP contribution in [0.4, 0.5) is 4.79 Å². The Kier molecular flexibility index (Phi) is 6.17. The van der Waals surface area contributed by atoms with Crippen LogP contribution in [0, 0.1) is 6.92 Å². The SMILES string of the molecule is Cc1cc(Cl)ccc1C(=O)C(C)(NC(=O)OC(C)(C)C)c1ccc(Cl)nc1. The molecule has 1 aromatic carbocycles. The smallest absolute Gasteiger partial charge is 0.408 e. The quantitative estimate of drug-likeness (QED) is 0.548. The normalized spacial score (nSPS) is 13.6. The fraction of sp³-hybridized carbons (Fsp3) is 0.350. The van der Waals surface area contributed by atoms with Gasteiger partial charge in [-0.05, 0) is 64.4 Å². The van der Waals surface area contributed by atoms with Crippen LogP contribution in [0.15, 0.2) is 36.5 Å². The lowest BCUT2D eigenvalue weighted by Gasteiger charge is -2.31. The Labute approximate surface area is 169 Å². The zero-order chi connectivity index (χ0) is 20.4. The summed E-state index contributed by atoms with van der Waals surface area (Å²) in [6.07, 6.45) is 0.753. The Morgan fingerprint density at radius 1 is 1.07 bits per heavy atom. The number of halogens is 2. The minimum Gasteiger partial charge on any atom is -0.444 e. The van der Waals surface area contributed by atoms with E-state index in [2.05, 4.69) is 10.3 Å². The van der Waals surface area contributed by atoms with Gasteiger partial charge in [-0.15, -0.1) is 0 Å². The lowest BCUT2D eigenvalue weighted by Crippen LogP contribution is -2.51. The average molecular weight is 409 g/mol. The summed E-state index contributed by atoms with van der Waals surface area (Å²) in [5, 5.41) is 3.51. The summed E-state index contributed by atoms with van der Waals surface area (Å²) in [7, 11) is 0. The van der Waals surface area contributed by atoms with Crippen LogP contribution in [0.2, 0.25) is 10.2 Å². The Hall–Kier alpha value is -2.11. The number of benzene rings is 1. The monoisotopic (exact) mass is 408 g/mol. The van der Waals surface area contributed by atoms with Gasteiger partial charge >= 0.3 is 6.09 Å². The number of pyridine rings is 1. The van der Waals surface area contributed by atoms with Crippen molar-refractivity contribution < 1.29 is 14.3 Å². The van der Waals surface area contributed by atoms with Crippen LogP contribution in [-0.2, 0) is 10.3 Å². The number of carbonyl (C=O) groups is 2. The topological polar surface area (TPSA) is 68.3 Å². The molecular weight excluding hydrogens is 387 g/mol. The molecule has 27 heavy (non-hydrogen) atoms. The van der Waals surface area contributed by atoms with Crippen molar-refractivity contribution in [3.8, 4) is 0 Å². The molecular formula is C20H22Cl2N2O3. The van der Waals surface area contributed by atoms with Gasteiger partial charge in [-0.2, -0.15) is 0 Å². The lowest BCUT2D eigenvalue weighted by molar-refractivity contribution is 0.0440. The van der Waals surface area contributed by atoms with E-state index < -0.39 is 17.2 Å². The first-order chi connectivity index (χ1) is 12.4. The van der Waals surface area contributed by atoms with Gasteiger partial charge < -0.3 is 10.1 Å². The number of aryl methyl sites for hydroxylation is 1. The van der Waals surface area contributed by atoms with E-state index >= 15 is 0 Å². The van der Waals surface area contributed by atoms with Crippen molar-refractivity contribution in [3.63, 3.8) is 0 Å². The maximum absolute atomic E-state index is 13.4. The predicted octanol–water partition coefficient (Wildman–Crippen LogP) is 5.32. The largest absolute Gasteiger partial charge is 0.444 e. The zero-order valence-corrected chi connectivity index (χ0v) is 17.4. The third-order valence-corrected chi connectivity index (χ3v) is 4.40. The van der Waals surface area contributed by atoms with Crippen molar-refractivity contribution in [1.82, 2.24) is 10.3 Å². The Bertz CT molecular complexity index is 861. The average Bonchev–Trinajstić information content (AvgIpc) is 2.52. The summed E-state index contributed by atoms with van der Waals surface area (Å²) < 4.78 is 5.34. The number of nitrogens with zero attached hydrogens (tertiary/aromatic N) is 1. The molecule has 0 aliphatic carbocycles. The van der Waals surface area contributed by atoms with Gasteiger partial charge in [-0.1, -0.05) is 29.3 Å². The molecule has 1 aromatic heterocycles. The highest BCUT2D eigenvalue weighted by atomic mass is 35.5. The van der Waals surface area contributed by atoms with Crippen LogP contribution >= 0.6 is 23.2 Å². The molecule has 0 bridgehead atoms. The highest BCUT2D eigenvalue weighted by Crippen LogP contribution is 2.29. The maximum atomic E-state index is 13.4. The number of ether oxygens (including phenoxy) is 1. The van der Waals surface area contributed by atoms with E-state index in [1.807, 2.05) is 0 Å². The molecule has 1 unspecified atom stereocenters. The first kappa shape index (κ1) is 21.2. The summed E-state index contributed by atoms with van der Waals surface area (Å²) in [5.74, 6) is -0.313. The molecule has 144 valence electrons. The molecule has 7 heteroatoms. The standard InChI is InChI=1S/C20H22Cl2N2O3/c1-12-10-14(21)7-8-15(12)17(25)20(5,13-6-9-16(22)23-11-13)24-18(26)27-19(2,3)4/h6-11H,1-5H3,(H,24,26). The van der Waals surface area contributed by atoms with Gasteiger partial charge in [0.25, 0.3) is 0 Å². The molecule has 2 rings (SSSR count). The molecule has 1 atom stereocenters. The lowest BCUT2D eigenvalue weighted by atomic mass is 9.84. The van der Waals surface area contributed by atoms with Crippen molar-refractivity contribution in [1.29, 1.82) is 0 Å². The molecule has 0 fully saturated rings.